The number of carbonyl (C=O) groups excluding carboxylic acids is 1. The third kappa shape index (κ3) is 3.94. The highest BCUT2D eigenvalue weighted by atomic mass is 19.1. The van der Waals surface area contributed by atoms with Crippen molar-refractivity contribution >= 4 is 16.9 Å². The number of hydrogen-bond acceptors (Lipinski definition) is 6. The fourth-order valence-corrected chi connectivity index (χ4v) is 4.67. The molecule has 3 aromatic carbocycles. The van der Waals surface area contributed by atoms with E-state index in [1.807, 2.05) is 18.2 Å². The minimum Gasteiger partial charge on any atom is -0.497 e. The van der Waals surface area contributed by atoms with Crippen molar-refractivity contribution in [1.29, 1.82) is 0 Å². The van der Waals surface area contributed by atoms with E-state index in [-0.39, 0.29) is 22.3 Å². The Morgan fingerprint density at radius 3 is 2.47 bits per heavy atom. The van der Waals surface area contributed by atoms with Crippen LogP contribution in [0.4, 0.5) is 4.39 Å². The summed E-state index contributed by atoms with van der Waals surface area (Å²) in [6.45, 7) is 0.296. The number of halogens is 1. The van der Waals surface area contributed by atoms with E-state index >= 15 is 0 Å². The second kappa shape index (κ2) is 9.37. The maximum absolute atomic E-state index is 14.0. The molecule has 7 nitrogen and oxygen atoms in total. The number of nitrogens with zero attached hydrogens (tertiary/aromatic N) is 1. The Bertz CT molecular complexity index is 1530. The third-order valence-electron chi connectivity index (χ3n) is 6.43. The molecule has 0 radical (unpaired) electrons. The molecule has 0 spiro atoms. The van der Waals surface area contributed by atoms with Crippen LogP contribution in [0.2, 0.25) is 0 Å². The van der Waals surface area contributed by atoms with Gasteiger partial charge in [0.05, 0.1) is 38.3 Å². The maximum atomic E-state index is 14.0. The van der Waals surface area contributed by atoms with E-state index in [9.17, 15) is 14.0 Å². The van der Waals surface area contributed by atoms with Crippen molar-refractivity contribution in [2.75, 3.05) is 27.9 Å². The van der Waals surface area contributed by atoms with Gasteiger partial charge in [0.25, 0.3) is 5.91 Å². The van der Waals surface area contributed by atoms with Gasteiger partial charge in [0, 0.05) is 6.54 Å². The lowest BCUT2D eigenvalue weighted by atomic mass is 9.98. The highest BCUT2D eigenvalue weighted by Crippen LogP contribution is 2.39. The van der Waals surface area contributed by atoms with Gasteiger partial charge in [0.1, 0.15) is 17.1 Å². The van der Waals surface area contributed by atoms with Crippen LogP contribution in [-0.2, 0) is 6.42 Å². The molecule has 8 heteroatoms. The zero-order chi connectivity index (χ0) is 25.4. The molecule has 36 heavy (non-hydrogen) atoms. The molecule has 0 aliphatic carbocycles. The fourth-order valence-electron chi connectivity index (χ4n) is 4.67. The molecule has 0 saturated carbocycles. The summed E-state index contributed by atoms with van der Waals surface area (Å²) in [5.74, 6) is 0.794. The Morgan fingerprint density at radius 2 is 1.72 bits per heavy atom. The lowest BCUT2D eigenvalue weighted by Gasteiger charge is -2.25. The first kappa shape index (κ1) is 23.4. The molecule has 1 atom stereocenters. The smallest absolute Gasteiger partial charge is 0.290 e. The van der Waals surface area contributed by atoms with Gasteiger partial charge in [-0.05, 0) is 60.0 Å². The van der Waals surface area contributed by atoms with E-state index < -0.39 is 23.2 Å². The van der Waals surface area contributed by atoms with Crippen LogP contribution in [0.3, 0.4) is 0 Å². The van der Waals surface area contributed by atoms with E-state index in [0.29, 0.717) is 35.8 Å². The highest BCUT2D eigenvalue weighted by Gasteiger charge is 2.42. The topological polar surface area (TPSA) is 78.2 Å². The van der Waals surface area contributed by atoms with Gasteiger partial charge < -0.3 is 23.5 Å². The lowest BCUT2D eigenvalue weighted by Crippen LogP contribution is -2.31. The average molecular weight is 489 g/mol. The SMILES string of the molecule is COc1cccc([C@H]2c3c(oc4ccc(F)cc4c3=O)C(=O)N2CCc2ccc(OC)c(OC)c2)c1. The van der Waals surface area contributed by atoms with Crippen molar-refractivity contribution < 1.29 is 27.8 Å². The molecule has 1 aliphatic rings. The Hall–Kier alpha value is -4.33. The molecule has 0 unspecified atom stereocenters. The van der Waals surface area contributed by atoms with Gasteiger partial charge in [0.15, 0.2) is 16.9 Å². The third-order valence-corrected chi connectivity index (χ3v) is 6.43. The zero-order valence-electron chi connectivity index (χ0n) is 20.0. The quantitative estimate of drug-likeness (QED) is 0.373. The minimum absolute atomic E-state index is 0.0285. The van der Waals surface area contributed by atoms with E-state index in [1.54, 1.807) is 50.5 Å². The number of ether oxygens (including phenoxy) is 3. The summed E-state index contributed by atoms with van der Waals surface area (Å²) >= 11 is 0. The Balaban J connectivity index is 1.60. The fraction of sp³-hybridized carbons (Fsp3) is 0.214. The van der Waals surface area contributed by atoms with Crippen LogP contribution >= 0.6 is 0 Å². The number of benzene rings is 3. The van der Waals surface area contributed by atoms with Crippen molar-refractivity contribution in [2.24, 2.45) is 0 Å². The molecule has 2 heterocycles. The normalized spacial score (nSPS) is 14.7. The maximum Gasteiger partial charge on any atom is 0.290 e. The van der Waals surface area contributed by atoms with E-state index in [4.69, 9.17) is 18.6 Å². The second-order valence-corrected chi connectivity index (χ2v) is 8.43. The molecule has 1 aromatic heterocycles. The van der Waals surface area contributed by atoms with Crippen molar-refractivity contribution in [3.63, 3.8) is 0 Å². The molecule has 0 bridgehead atoms. The van der Waals surface area contributed by atoms with Gasteiger partial charge in [-0.25, -0.2) is 4.39 Å². The van der Waals surface area contributed by atoms with Crippen LogP contribution in [0.1, 0.15) is 33.3 Å². The lowest BCUT2D eigenvalue weighted by molar-refractivity contribution is 0.0730. The van der Waals surface area contributed by atoms with Crippen LogP contribution in [0, 0.1) is 5.82 Å². The highest BCUT2D eigenvalue weighted by molar-refractivity contribution is 5.99. The molecule has 5 rings (SSSR count). The van der Waals surface area contributed by atoms with Gasteiger partial charge >= 0.3 is 0 Å². The van der Waals surface area contributed by atoms with Crippen LogP contribution in [-0.4, -0.2) is 38.7 Å². The summed E-state index contributed by atoms with van der Waals surface area (Å²) in [6.07, 6.45) is 0.489. The summed E-state index contributed by atoms with van der Waals surface area (Å²) in [5.41, 5.74) is 1.54. The van der Waals surface area contributed by atoms with Crippen LogP contribution in [0.15, 0.2) is 69.9 Å². The Labute approximate surface area is 206 Å². The number of methoxy groups -OCH3 is 3. The van der Waals surface area contributed by atoms with Gasteiger partial charge in [-0.1, -0.05) is 18.2 Å². The minimum atomic E-state index is -0.716. The largest absolute Gasteiger partial charge is 0.497 e. The summed E-state index contributed by atoms with van der Waals surface area (Å²) < 4.78 is 35.9. The van der Waals surface area contributed by atoms with E-state index in [2.05, 4.69) is 0 Å². The predicted octanol–water partition coefficient (Wildman–Crippen LogP) is 4.75. The zero-order valence-corrected chi connectivity index (χ0v) is 20.0. The first-order valence-corrected chi connectivity index (χ1v) is 11.4. The second-order valence-electron chi connectivity index (χ2n) is 8.43. The van der Waals surface area contributed by atoms with Crippen molar-refractivity contribution in [2.45, 2.75) is 12.5 Å². The average Bonchev–Trinajstić information content (AvgIpc) is 3.19. The molecule has 0 N–H and O–H groups in total. The molecule has 184 valence electrons. The standard InChI is InChI=1S/C28H24FNO6/c1-33-19-6-4-5-17(14-19)25-24-26(31)20-15-18(29)8-10-21(20)36-27(24)28(32)30(25)12-11-16-7-9-22(34-2)23(13-16)35-3/h4-10,13-15,25H,11-12H2,1-3H3/t25-/m0/s1. The summed E-state index contributed by atoms with van der Waals surface area (Å²) in [7, 11) is 4.68. The van der Waals surface area contributed by atoms with Crippen molar-refractivity contribution in [3.05, 3.63) is 99.2 Å². The van der Waals surface area contributed by atoms with E-state index in [0.717, 1.165) is 11.6 Å². The van der Waals surface area contributed by atoms with Crippen molar-refractivity contribution in [1.82, 2.24) is 4.90 Å². The van der Waals surface area contributed by atoms with Crippen LogP contribution < -0.4 is 19.6 Å². The number of amides is 1. The van der Waals surface area contributed by atoms with E-state index in [1.165, 1.54) is 12.1 Å². The molecule has 1 aliphatic heterocycles. The first-order valence-electron chi connectivity index (χ1n) is 11.4. The number of hydrogen-bond donors (Lipinski definition) is 0. The molecule has 0 fully saturated rings. The molecular weight excluding hydrogens is 465 g/mol. The number of carbonyl (C=O) groups is 1. The van der Waals surface area contributed by atoms with Crippen LogP contribution in [0.25, 0.3) is 11.0 Å². The van der Waals surface area contributed by atoms with Crippen molar-refractivity contribution in [3.8, 4) is 17.2 Å². The Kier molecular flexibility index (Phi) is 6.10. The van der Waals surface area contributed by atoms with Gasteiger partial charge in [-0.2, -0.15) is 0 Å². The number of fused-ring (bicyclic) bond motifs is 2. The summed E-state index contributed by atoms with van der Waals surface area (Å²) in [5, 5.41) is 0.0937. The summed E-state index contributed by atoms with van der Waals surface area (Å²) in [6, 6.07) is 15.7. The van der Waals surface area contributed by atoms with Gasteiger partial charge in [-0.3, -0.25) is 9.59 Å². The van der Waals surface area contributed by atoms with Crippen LogP contribution in [0.5, 0.6) is 17.2 Å². The van der Waals surface area contributed by atoms with Gasteiger partial charge in [0.2, 0.25) is 5.76 Å². The molecule has 1 amide bonds. The number of rotatable bonds is 7. The first-order chi connectivity index (χ1) is 17.4. The molecule has 4 aromatic rings. The van der Waals surface area contributed by atoms with Gasteiger partial charge in [-0.15, -0.1) is 0 Å². The summed E-state index contributed by atoms with van der Waals surface area (Å²) in [4.78, 5) is 28.8. The Morgan fingerprint density at radius 1 is 0.917 bits per heavy atom. The molecule has 0 saturated heterocycles. The molecular formula is C28H24FNO6. The predicted molar refractivity (Wildman–Crippen MR) is 132 cm³/mol. The monoisotopic (exact) mass is 489 g/mol.